The number of hydrogen-bond donors (Lipinski definition) is 5. The number of esters is 2. The predicted molar refractivity (Wildman–Crippen MR) is 240 cm³/mol. The van der Waals surface area contributed by atoms with Crippen molar-refractivity contribution in [2.45, 2.75) is 135 Å². The van der Waals surface area contributed by atoms with Gasteiger partial charge in [-0.05, 0) is 99.9 Å². The van der Waals surface area contributed by atoms with Crippen LogP contribution in [0.1, 0.15) is 133 Å². The molecular formula is C51H60O15. The Bertz CT molecular complexity index is 2440. The second-order valence-electron chi connectivity index (χ2n) is 17.8. The SMILES string of the molecule is COc1cc([C@H]2Oc3cc([C@H]4Oc5cc(O)cc(O)c5C(=O)[C@@H]4O)ccc3O[C@@H]2COC(=O)CCCCCCCCCCC(=O)OCC2(C)CCc3c(C)c(O)c(C)c(C)c3O2)ccc1O. The van der Waals surface area contributed by atoms with E-state index >= 15 is 0 Å². The molecule has 0 fully saturated rings. The van der Waals surface area contributed by atoms with E-state index in [9.17, 15) is 39.9 Å². The van der Waals surface area contributed by atoms with Crippen molar-refractivity contribution in [2.75, 3.05) is 20.3 Å². The van der Waals surface area contributed by atoms with E-state index in [0.717, 1.165) is 85.4 Å². The number of carbonyl (C=O) groups excluding carboxylic acids is 3. The number of ketones is 1. The van der Waals surface area contributed by atoms with Crippen molar-refractivity contribution in [3.8, 4) is 51.7 Å². The van der Waals surface area contributed by atoms with E-state index in [2.05, 4.69) is 0 Å². The molecule has 0 amide bonds. The molecule has 7 rings (SSSR count). The van der Waals surface area contributed by atoms with Gasteiger partial charge < -0.3 is 58.7 Å². The Kier molecular flexibility index (Phi) is 14.7. The summed E-state index contributed by atoms with van der Waals surface area (Å²) in [6.07, 6.45) is 4.70. The lowest BCUT2D eigenvalue weighted by Gasteiger charge is -2.37. The Morgan fingerprint density at radius 1 is 0.712 bits per heavy atom. The predicted octanol–water partition coefficient (Wildman–Crippen LogP) is 8.77. The Balaban J connectivity index is 0.827. The monoisotopic (exact) mass is 912 g/mol. The average Bonchev–Trinajstić information content (AvgIpc) is 3.30. The highest BCUT2D eigenvalue weighted by molar-refractivity contribution is 6.05. The van der Waals surface area contributed by atoms with E-state index in [0.29, 0.717) is 41.9 Å². The lowest BCUT2D eigenvalue weighted by molar-refractivity contribution is -0.150. The van der Waals surface area contributed by atoms with Crippen LogP contribution in [-0.2, 0) is 25.5 Å². The number of benzene rings is 4. The molecule has 1 unspecified atom stereocenters. The standard InChI is InChI=1S/C51H60O15/c1-28-29(2)48-34(30(3)45(28)57)20-21-51(4,66-48)27-62-43(56)15-13-11-9-7-6-8-10-12-14-42(55)61-26-41-49(31-16-18-35(53)38(22-31)60-5)64-39-23-32(17-19-37(39)63-41)50-47(59)46(58)44-36(54)24-33(52)25-40(44)65-50/h16-19,22-25,41,47,49-50,52-54,57,59H,6-15,20-21,26-27H2,1-5H3/t41-,47+,49-,50-,51?/m1/s1. The molecule has 354 valence electrons. The van der Waals surface area contributed by atoms with Gasteiger partial charge in [-0.3, -0.25) is 14.4 Å². The van der Waals surface area contributed by atoms with Gasteiger partial charge in [-0.25, -0.2) is 0 Å². The fourth-order valence-electron chi connectivity index (χ4n) is 8.82. The van der Waals surface area contributed by atoms with Crippen molar-refractivity contribution in [3.63, 3.8) is 0 Å². The number of Topliss-reactive ketones (excluding diaryl/α,β-unsaturated/α-hetero) is 1. The maximum absolute atomic E-state index is 13.1. The van der Waals surface area contributed by atoms with Crippen molar-refractivity contribution < 1.29 is 73.1 Å². The molecule has 5 atom stereocenters. The van der Waals surface area contributed by atoms with Crippen LogP contribution in [0.5, 0.6) is 51.7 Å². The number of aliphatic hydroxyl groups is 1. The second kappa shape index (κ2) is 20.4. The maximum atomic E-state index is 13.1. The maximum Gasteiger partial charge on any atom is 0.305 e. The largest absolute Gasteiger partial charge is 0.508 e. The van der Waals surface area contributed by atoms with Crippen molar-refractivity contribution in [3.05, 3.63) is 87.5 Å². The fraction of sp³-hybridized carbons (Fsp3) is 0.471. The number of hydrogen-bond acceptors (Lipinski definition) is 15. The minimum atomic E-state index is -1.68. The average molecular weight is 913 g/mol. The van der Waals surface area contributed by atoms with E-state index < -0.39 is 41.5 Å². The van der Waals surface area contributed by atoms with Gasteiger partial charge in [0.15, 0.2) is 47.4 Å². The van der Waals surface area contributed by atoms with Gasteiger partial charge in [-0.15, -0.1) is 0 Å². The molecular weight excluding hydrogens is 853 g/mol. The molecule has 3 aliphatic rings. The number of unbranched alkanes of at least 4 members (excludes halogenated alkanes) is 7. The third kappa shape index (κ3) is 10.5. The smallest absolute Gasteiger partial charge is 0.305 e. The van der Waals surface area contributed by atoms with Gasteiger partial charge in [0.1, 0.15) is 53.1 Å². The van der Waals surface area contributed by atoms with Crippen LogP contribution in [-0.4, -0.2) is 81.4 Å². The Hall–Kier alpha value is -6.35. The molecule has 3 heterocycles. The molecule has 4 aromatic rings. The van der Waals surface area contributed by atoms with Gasteiger partial charge in [0.25, 0.3) is 0 Å². The van der Waals surface area contributed by atoms with Crippen LogP contribution >= 0.6 is 0 Å². The van der Waals surface area contributed by atoms with Crippen LogP contribution in [0.2, 0.25) is 0 Å². The number of phenols is 4. The van der Waals surface area contributed by atoms with Gasteiger partial charge in [0, 0.05) is 36.1 Å². The van der Waals surface area contributed by atoms with E-state index in [1.165, 1.54) is 19.2 Å². The van der Waals surface area contributed by atoms with E-state index in [-0.39, 0.29) is 65.9 Å². The van der Waals surface area contributed by atoms with Crippen molar-refractivity contribution in [2.24, 2.45) is 0 Å². The van der Waals surface area contributed by atoms with Crippen LogP contribution in [0.3, 0.4) is 0 Å². The minimum absolute atomic E-state index is 0.0841. The first kappa shape index (κ1) is 47.6. The first-order chi connectivity index (χ1) is 31.6. The van der Waals surface area contributed by atoms with Gasteiger partial charge >= 0.3 is 11.9 Å². The molecule has 0 bridgehead atoms. The van der Waals surface area contributed by atoms with Gasteiger partial charge in [-0.1, -0.05) is 50.7 Å². The highest BCUT2D eigenvalue weighted by Gasteiger charge is 2.41. The van der Waals surface area contributed by atoms with Crippen LogP contribution in [0.4, 0.5) is 0 Å². The van der Waals surface area contributed by atoms with Crippen molar-refractivity contribution >= 4 is 17.7 Å². The summed E-state index contributed by atoms with van der Waals surface area (Å²) < 4.78 is 41.7. The number of rotatable bonds is 18. The third-order valence-corrected chi connectivity index (χ3v) is 12.9. The molecule has 66 heavy (non-hydrogen) atoms. The zero-order chi connectivity index (χ0) is 47.3. The highest BCUT2D eigenvalue weighted by Crippen LogP contribution is 2.47. The molecule has 0 aliphatic carbocycles. The summed E-state index contributed by atoms with van der Waals surface area (Å²) in [4.78, 5) is 38.6. The zero-order valence-corrected chi connectivity index (χ0v) is 38.1. The van der Waals surface area contributed by atoms with Crippen LogP contribution in [0.15, 0.2) is 48.5 Å². The quantitative estimate of drug-likeness (QED) is 0.0466. The number of aliphatic hydroxyl groups excluding tert-OH is 1. The summed E-state index contributed by atoms with van der Waals surface area (Å²) >= 11 is 0. The minimum Gasteiger partial charge on any atom is -0.508 e. The molecule has 0 aromatic heterocycles. The topological polar surface area (TPSA) is 217 Å². The van der Waals surface area contributed by atoms with Crippen LogP contribution in [0.25, 0.3) is 0 Å². The van der Waals surface area contributed by atoms with Gasteiger partial charge in [-0.2, -0.15) is 0 Å². The summed E-state index contributed by atoms with van der Waals surface area (Å²) in [5.41, 5.74) is 3.64. The Morgan fingerprint density at radius 2 is 1.35 bits per heavy atom. The number of ether oxygens (including phenoxy) is 7. The normalized spacial score (nSPS) is 20.6. The van der Waals surface area contributed by atoms with E-state index in [1.807, 2.05) is 27.7 Å². The number of phenolic OH excluding ortho intramolecular Hbond substituents is 4. The number of fused-ring (bicyclic) bond motifs is 3. The summed E-state index contributed by atoms with van der Waals surface area (Å²) in [5, 5.41) is 51.9. The molecule has 15 heteroatoms. The first-order valence-corrected chi connectivity index (χ1v) is 22.7. The number of methoxy groups -OCH3 is 1. The van der Waals surface area contributed by atoms with Gasteiger partial charge in [0.2, 0.25) is 5.78 Å². The molecule has 0 spiro atoms. The second-order valence-corrected chi connectivity index (χ2v) is 17.8. The molecule has 15 nitrogen and oxygen atoms in total. The summed E-state index contributed by atoms with van der Waals surface area (Å²) in [5.74, 6) is -0.533. The van der Waals surface area contributed by atoms with Gasteiger partial charge in [0.05, 0.1) is 7.11 Å². The number of aromatic hydroxyl groups is 4. The molecule has 5 N–H and O–H groups in total. The third-order valence-electron chi connectivity index (χ3n) is 12.9. The summed E-state index contributed by atoms with van der Waals surface area (Å²) in [6, 6.07) is 11.6. The lowest BCUT2D eigenvalue weighted by Crippen LogP contribution is -2.42. The molecule has 4 aromatic carbocycles. The van der Waals surface area contributed by atoms with E-state index in [1.54, 1.807) is 30.3 Å². The van der Waals surface area contributed by atoms with Crippen LogP contribution < -0.4 is 23.7 Å². The van der Waals surface area contributed by atoms with Crippen molar-refractivity contribution in [1.82, 2.24) is 0 Å². The highest BCUT2D eigenvalue weighted by atomic mass is 16.6. The fourth-order valence-corrected chi connectivity index (χ4v) is 8.82. The molecule has 3 aliphatic heterocycles. The first-order valence-electron chi connectivity index (χ1n) is 22.7. The molecule has 0 radical (unpaired) electrons. The Labute approximate surface area is 384 Å². The number of carbonyl (C=O) groups is 3. The summed E-state index contributed by atoms with van der Waals surface area (Å²) in [7, 11) is 1.42. The van der Waals surface area contributed by atoms with Crippen LogP contribution in [0, 0.1) is 20.8 Å². The Morgan fingerprint density at radius 3 is 2.05 bits per heavy atom. The summed E-state index contributed by atoms with van der Waals surface area (Å²) in [6.45, 7) is 7.74. The van der Waals surface area contributed by atoms with Crippen molar-refractivity contribution in [1.29, 1.82) is 0 Å². The lowest BCUT2D eigenvalue weighted by atomic mass is 9.87. The molecule has 0 saturated heterocycles. The zero-order valence-electron chi connectivity index (χ0n) is 38.1. The molecule has 0 saturated carbocycles. The van der Waals surface area contributed by atoms with E-state index in [4.69, 9.17) is 33.2 Å².